The third-order valence-electron chi connectivity index (χ3n) is 7.26. The van der Waals surface area contributed by atoms with Gasteiger partial charge in [0.15, 0.2) is 5.13 Å². The summed E-state index contributed by atoms with van der Waals surface area (Å²) in [6.45, 7) is 9.18. The molecule has 4 aromatic rings. The first-order chi connectivity index (χ1) is 18.5. The molecular weight excluding hydrogens is 554 g/mol. The fraction of sp³-hybridized carbons (Fsp3) is 0.393. The summed E-state index contributed by atoms with van der Waals surface area (Å²) in [6.07, 6.45) is 1.23. The number of thiazole rings is 1. The van der Waals surface area contributed by atoms with Crippen molar-refractivity contribution in [1.82, 2.24) is 19.1 Å². The van der Waals surface area contributed by atoms with Crippen molar-refractivity contribution in [3.8, 4) is 0 Å². The molecule has 3 heterocycles. The lowest BCUT2D eigenvalue weighted by atomic mass is 9.98. The summed E-state index contributed by atoms with van der Waals surface area (Å²) in [5.74, 6) is -0.598. The summed E-state index contributed by atoms with van der Waals surface area (Å²) in [6, 6.07) is 12.6. The third kappa shape index (κ3) is 5.61. The highest BCUT2D eigenvalue weighted by Crippen LogP contribution is 2.35. The Hall–Kier alpha value is -2.79. The molecule has 5 rings (SSSR count). The van der Waals surface area contributed by atoms with Gasteiger partial charge in [-0.15, -0.1) is 0 Å². The second-order valence-electron chi connectivity index (χ2n) is 10.2. The summed E-state index contributed by atoms with van der Waals surface area (Å²) in [4.78, 5) is 20.9. The van der Waals surface area contributed by atoms with Gasteiger partial charge in [0.25, 0.3) is 0 Å². The van der Waals surface area contributed by atoms with Gasteiger partial charge in [-0.25, -0.2) is 13.4 Å². The van der Waals surface area contributed by atoms with E-state index in [1.165, 1.54) is 15.6 Å². The van der Waals surface area contributed by atoms with Crippen LogP contribution in [0.15, 0.2) is 47.4 Å². The smallest absolute Gasteiger partial charge is 0.243 e. The molecule has 206 valence electrons. The molecule has 1 fully saturated rings. The molecule has 0 saturated carbocycles. The summed E-state index contributed by atoms with van der Waals surface area (Å²) in [5, 5.41) is 5.77. The first-order valence-electron chi connectivity index (χ1n) is 13.0. The molecule has 0 N–H and O–H groups in total. The van der Waals surface area contributed by atoms with Gasteiger partial charge in [-0.3, -0.25) is 14.4 Å². The van der Waals surface area contributed by atoms with E-state index in [-0.39, 0.29) is 17.3 Å². The van der Waals surface area contributed by atoms with Gasteiger partial charge in [-0.05, 0) is 76.4 Å². The average molecular weight is 586 g/mol. The summed E-state index contributed by atoms with van der Waals surface area (Å²) in [5.41, 5.74) is 4.57. The Kier molecular flexibility index (Phi) is 7.83. The lowest BCUT2D eigenvalue weighted by Crippen LogP contribution is -2.47. The van der Waals surface area contributed by atoms with E-state index in [1.54, 1.807) is 29.2 Å². The van der Waals surface area contributed by atoms with Crippen LogP contribution in [0.4, 0.5) is 5.13 Å². The van der Waals surface area contributed by atoms with Crippen LogP contribution >= 0.6 is 22.9 Å². The molecule has 2 aromatic carbocycles. The van der Waals surface area contributed by atoms with E-state index in [0.29, 0.717) is 42.6 Å². The van der Waals surface area contributed by atoms with E-state index >= 15 is 0 Å². The highest BCUT2D eigenvalue weighted by Gasteiger charge is 2.36. The van der Waals surface area contributed by atoms with E-state index < -0.39 is 15.9 Å². The summed E-state index contributed by atoms with van der Waals surface area (Å²) >= 11 is 7.79. The van der Waals surface area contributed by atoms with Gasteiger partial charge in [0, 0.05) is 30.4 Å². The van der Waals surface area contributed by atoms with Crippen LogP contribution in [-0.4, -0.2) is 53.0 Å². The minimum atomic E-state index is -3.70. The fourth-order valence-electron chi connectivity index (χ4n) is 5.04. The normalized spacial score (nSPS) is 16.6. The van der Waals surface area contributed by atoms with Crippen LogP contribution in [0.2, 0.25) is 5.02 Å². The molecule has 0 spiro atoms. The van der Waals surface area contributed by atoms with Crippen LogP contribution in [0.5, 0.6) is 0 Å². The molecule has 0 bridgehead atoms. The van der Waals surface area contributed by atoms with Crippen molar-refractivity contribution >= 4 is 54.2 Å². The lowest BCUT2D eigenvalue weighted by Gasteiger charge is -2.33. The largest absolute Gasteiger partial charge is 0.286 e. The van der Waals surface area contributed by atoms with Crippen molar-refractivity contribution in [3.63, 3.8) is 0 Å². The number of aromatic nitrogens is 3. The Morgan fingerprint density at radius 1 is 1.13 bits per heavy atom. The predicted molar refractivity (Wildman–Crippen MR) is 156 cm³/mol. The van der Waals surface area contributed by atoms with Gasteiger partial charge in [-0.1, -0.05) is 40.6 Å². The molecule has 8 nitrogen and oxygen atoms in total. The zero-order valence-corrected chi connectivity index (χ0v) is 24.9. The van der Waals surface area contributed by atoms with E-state index in [9.17, 15) is 13.2 Å². The second-order valence-corrected chi connectivity index (χ2v) is 13.5. The Morgan fingerprint density at radius 2 is 1.87 bits per heavy atom. The van der Waals surface area contributed by atoms with Crippen LogP contribution in [0.3, 0.4) is 0 Å². The van der Waals surface area contributed by atoms with Crippen LogP contribution in [0.25, 0.3) is 10.2 Å². The Morgan fingerprint density at radius 3 is 2.56 bits per heavy atom. The molecule has 0 radical (unpaired) electrons. The van der Waals surface area contributed by atoms with Crippen molar-refractivity contribution in [2.45, 2.75) is 52.0 Å². The van der Waals surface area contributed by atoms with Crippen molar-refractivity contribution in [2.24, 2.45) is 5.92 Å². The Labute approximate surface area is 238 Å². The third-order valence-corrected chi connectivity index (χ3v) is 10.6. The predicted octanol–water partition coefficient (Wildman–Crippen LogP) is 5.51. The number of anilines is 1. The van der Waals surface area contributed by atoms with Crippen LogP contribution in [-0.2, 0) is 21.4 Å². The van der Waals surface area contributed by atoms with Crippen molar-refractivity contribution in [2.75, 3.05) is 24.5 Å². The van der Waals surface area contributed by atoms with Gasteiger partial charge in [-0.2, -0.15) is 9.40 Å². The number of hydrogen-bond donors (Lipinski definition) is 0. The fourth-order valence-corrected chi connectivity index (χ4v) is 7.78. The zero-order valence-electron chi connectivity index (χ0n) is 22.5. The molecule has 1 atom stereocenters. The number of hydrogen-bond acceptors (Lipinski definition) is 6. The molecule has 39 heavy (non-hydrogen) atoms. The zero-order chi connectivity index (χ0) is 27.9. The number of sulfonamides is 1. The SMILES string of the molecule is Cc1ccc(S(=O)(=O)N2CCCC(C(=O)N(CCn3nc(C)cc3C)c3nc4c(C)c(Cl)ccc4s3)C2)cc1. The number of amides is 1. The molecule has 0 aliphatic carbocycles. The van der Waals surface area contributed by atoms with Crippen molar-refractivity contribution in [3.05, 3.63) is 70.0 Å². The number of nitrogens with zero attached hydrogens (tertiary/aromatic N) is 5. The quantitative estimate of drug-likeness (QED) is 0.285. The number of halogens is 1. The van der Waals surface area contributed by atoms with Crippen molar-refractivity contribution in [1.29, 1.82) is 0 Å². The minimum Gasteiger partial charge on any atom is -0.286 e. The molecule has 1 unspecified atom stereocenters. The lowest BCUT2D eigenvalue weighted by molar-refractivity contribution is -0.123. The van der Waals surface area contributed by atoms with Gasteiger partial charge in [0.1, 0.15) is 0 Å². The molecular formula is C28H32ClN5O3S2. The van der Waals surface area contributed by atoms with E-state index in [0.717, 1.165) is 32.7 Å². The van der Waals surface area contributed by atoms with Crippen LogP contribution in [0, 0.1) is 33.6 Å². The highest BCUT2D eigenvalue weighted by molar-refractivity contribution is 7.89. The summed E-state index contributed by atoms with van der Waals surface area (Å²) < 4.78 is 31.1. The first kappa shape index (κ1) is 27.8. The van der Waals surface area contributed by atoms with E-state index in [1.807, 2.05) is 50.6 Å². The van der Waals surface area contributed by atoms with E-state index in [2.05, 4.69) is 5.10 Å². The van der Waals surface area contributed by atoms with Gasteiger partial charge in [0.05, 0.1) is 33.3 Å². The number of rotatable bonds is 7. The maximum atomic E-state index is 14.1. The van der Waals surface area contributed by atoms with Crippen LogP contribution in [0.1, 0.15) is 35.4 Å². The Bertz CT molecular complexity index is 1630. The molecule has 1 aliphatic rings. The average Bonchev–Trinajstić information content (AvgIpc) is 3.49. The first-order valence-corrected chi connectivity index (χ1v) is 15.6. The standard InChI is InChI=1S/C28H32ClN5O3S2/c1-18-7-9-23(10-8-18)39(36,37)32-13-5-6-22(17-32)27(35)33(14-15-34-20(3)16-19(2)31-34)28-30-26-21(4)24(29)11-12-25(26)38-28/h7-12,16,22H,5-6,13-15,17H2,1-4H3. The topological polar surface area (TPSA) is 88.4 Å². The number of carbonyl (C=O) groups is 1. The van der Waals surface area contributed by atoms with Gasteiger partial charge >= 0.3 is 0 Å². The maximum absolute atomic E-state index is 14.1. The molecule has 2 aromatic heterocycles. The molecule has 11 heteroatoms. The number of benzene rings is 2. The highest BCUT2D eigenvalue weighted by atomic mass is 35.5. The van der Waals surface area contributed by atoms with Gasteiger partial charge < -0.3 is 0 Å². The summed E-state index contributed by atoms with van der Waals surface area (Å²) in [7, 11) is -3.70. The van der Waals surface area contributed by atoms with Gasteiger partial charge in [0.2, 0.25) is 15.9 Å². The monoisotopic (exact) mass is 585 g/mol. The number of aryl methyl sites for hydroxylation is 4. The number of carbonyl (C=O) groups excluding carboxylic acids is 1. The second kappa shape index (κ2) is 11.0. The van der Waals surface area contributed by atoms with Crippen molar-refractivity contribution < 1.29 is 13.2 Å². The molecule has 1 amide bonds. The minimum absolute atomic E-state index is 0.122. The van der Waals surface area contributed by atoms with E-state index in [4.69, 9.17) is 16.6 Å². The Balaban J connectivity index is 1.45. The molecule has 1 aliphatic heterocycles. The maximum Gasteiger partial charge on any atom is 0.243 e. The number of piperidine rings is 1. The van der Waals surface area contributed by atoms with Crippen LogP contribution < -0.4 is 4.90 Å². The number of fused-ring (bicyclic) bond motifs is 1. The molecule has 1 saturated heterocycles.